The van der Waals surface area contributed by atoms with E-state index in [9.17, 15) is 17.8 Å². The standard InChI is InChI=1S/C17H21BrN2O4S/c1-16(2)12-7-8-17(16,10-25(22,23)24)14(9-12)19-20-15(21)11-3-5-13(18)6-4-11/h3-6,12H,7-10H2,1-2H3,(H,20,21)(H,22,23,24). The van der Waals surface area contributed by atoms with Crippen molar-refractivity contribution in [2.24, 2.45) is 21.8 Å². The molecule has 2 aliphatic carbocycles. The molecule has 0 heterocycles. The number of hydrogen-bond donors (Lipinski definition) is 2. The number of carbonyl (C=O) groups excluding carboxylic acids is 1. The Labute approximate surface area is 156 Å². The van der Waals surface area contributed by atoms with Crippen LogP contribution in [0.3, 0.4) is 0 Å². The molecule has 1 aromatic rings. The van der Waals surface area contributed by atoms with Crippen LogP contribution in [0.1, 0.15) is 43.5 Å². The van der Waals surface area contributed by atoms with E-state index in [1.165, 1.54) is 0 Å². The number of carbonyl (C=O) groups is 1. The van der Waals surface area contributed by atoms with Gasteiger partial charge in [-0.2, -0.15) is 13.5 Å². The van der Waals surface area contributed by atoms with E-state index in [0.29, 0.717) is 30.0 Å². The SMILES string of the molecule is CC1(C)C2CCC1(CS(=O)(=O)O)C(=NNC(=O)c1ccc(Br)cc1)C2. The fourth-order valence-electron chi connectivity index (χ4n) is 4.39. The Morgan fingerprint density at radius 2 is 2.00 bits per heavy atom. The molecule has 0 radical (unpaired) electrons. The van der Waals surface area contributed by atoms with Crippen molar-refractivity contribution >= 4 is 37.7 Å². The van der Waals surface area contributed by atoms with Crippen LogP contribution < -0.4 is 5.43 Å². The van der Waals surface area contributed by atoms with Crippen LogP contribution in [0.15, 0.2) is 33.8 Å². The number of nitrogens with zero attached hydrogens (tertiary/aromatic N) is 1. The van der Waals surface area contributed by atoms with Crippen molar-refractivity contribution in [3.63, 3.8) is 0 Å². The van der Waals surface area contributed by atoms with Crippen molar-refractivity contribution in [3.05, 3.63) is 34.3 Å². The lowest BCUT2D eigenvalue weighted by Gasteiger charge is -2.37. The topological polar surface area (TPSA) is 95.8 Å². The van der Waals surface area contributed by atoms with Gasteiger partial charge in [-0.25, -0.2) is 5.43 Å². The van der Waals surface area contributed by atoms with E-state index in [-0.39, 0.29) is 17.1 Å². The third-order valence-electron chi connectivity index (χ3n) is 5.99. The molecule has 2 bridgehead atoms. The molecule has 1 aromatic carbocycles. The average molecular weight is 429 g/mol. The van der Waals surface area contributed by atoms with Gasteiger partial charge in [-0.1, -0.05) is 29.8 Å². The number of halogens is 1. The second-order valence-electron chi connectivity index (χ2n) is 7.48. The highest BCUT2D eigenvalue weighted by atomic mass is 79.9. The van der Waals surface area contributed by atoms with Gasteiger partial charge in [0.2, 0.25) is 0 Å². The normalized spacial score (nSPS) is 29.1. The Hall–Kier alpha value is -1.25. The Morgan fingerprint density at radius 3 is 2.56 bits per heavy atom. The molecule has 2 aliphatic rings. The fourth-order valence-corrected chi connectivity index (χ4v) is 5.96. The van der Waals surface area contributed by atoms with E-state index in [1.54, 1.807) is 24.3 Å². The zero-order chi connectivity index (χ0) is 18.5. The molecule has 2 unspecified atom stereocenters. The van der Waals surface area contributed by atoms with Gasteiger partial charge in [-0.15, -0.1) is 0 Å². The first kappa shape index (κ1) is 18.5. The predicted molar refractivity (Wildman–Crippen MR) is 99.0 cm³/mol. The second kappa shape index (κ2) is 6.17. The highest BCUT2D eigenvalue weighted by Crippen LogP contribution is 2.64. The lowest BCUT2D eigenvalue weighted by Crippen LogP contribution is -2.43. The van der Waals surface area contributed by atoms with Gasteiger partial charge in [0.05, 0.1) is 5.75 Å². The fraction of sp³-hybridized carbons (Fsp3) is 0.529. The molecule has 1 amide bonds. The first-order valence-electron chi connectivity index (χ1n) is 8.13. The molecular weight excluding hydrogens is 408 g/mol. The van der Waals surface area contributed by atoms with Crippen LogP contribution in [0.2, 0.25) is 0 Å². The smallest absolute Gasteiger partial charge is 0.271 e. The summed E-state index contributed by atoms with van der Waals surface area (Å²) in [5, 5.41) is 4.29. The minimum atomic E-state index is -4.15. The van der Waals surface area contributed by atoms with Crippen LogP contribution in [0, 0.1) is 16.7 Å². The lowest BCUT2D eigenvalue weighted by atomic mass is 9.70. The maximum absolute atomic E-state index is 12.3. The summed E-state index contributed by atoms with van der Waals surface area (Å²) in [6, 6.07) is 6.89. The third kappa shape index (κ3) is 3.27. The first-order valence-corrected chi connectivity index (χ1v) is 10.5. The Kier molecular flexibility index (Phi) is 4.58. The zero-order valence-corrected chi connectivity index (χ0v) is 16.5. The summed E-state index contributed by atoms with van der Waals surface area (Å²) >= 11 is 3.32. The summed E-state index contributed by atoms with van der Waals surface area (Å²) in [6.07, 6.45) is 2.20. The molecular formula is C17H21BrN2O4S. The summed E-state index contributed by atoms with van der Waals surface area (Å²) in [6.45, 7) is 4.05. The van der Waals surface area contributed by atoms with Crippen LogP contribution in [0.25, 0.3) is 0 Å². The molecule has 2 atom stereocenters. The molecule has 6 nitrogen and oxygen atoms in total. The number of fused-ring (bicyclic) bond motifs is 2. The molecule has 2 N–H and O–H groups in total. The van der Waals surface area contributed by atoms with Crippen molar-refractivity contribution < 1.29 is 17.8 Å². The summed E-state index contributed by atoms with van der Waals surface area (Å²) in [5.41, 5.74) is 2.67. The van der Waals surface area contributed by atoms with E-state index >= 15 is 0 Å². The highest BCUT2D eigenvalue weighted by molar-refractivity contribution is 9.10. The molecule has 2 saturated carbocycles. The molecule has 8 heteroatoms. The van der Waals surface area contributed by atoms with E-state index in [1.807, 2.05) is 13.8 Å². The molecule has 0 saturated heterocycles. The summed E-state index contributed by atoms with van der Waals surface area (Å²) in [7, 11) is -4.15. The first-order chi connectivity index (χ1) is 11.6. The Morgan fingerprint density at radius 1 is 1.36 bits per heavy atom. The Balaban J connectivity index is 1.87. The van der Waals surface area contributed by atoms with Crippen LogP contribution in [-0.2, 0) is 10.1 Å². The van der Waals surface area contributed by atoms with Gasteiger partial charge >= 0.3 is 0 Å². The van der Waals surface area contributed by atoms with Gasteiger partial charge in [0, 0.05) is 21.2 Å². The summed E-state index contributed by atoms with van der Waals surface area (Å²) < 4.78 is 33.5. The van der Waals surface area contributed by atoms with E-state index < -0.39 is 15.5 Å². The van der Waals surface area contributed by atoms with Gasteiger partial charge in [-0.3, -0.25) is 9.35 Å². The monoisotopic (exact) mass is 428 g/mol. The van der Waals surface area contributed by atoms with Crippen LogP contribution in [-0.4, -0.2) is 30.3 Å². The number of hydrogen-bond acceptors (Lipinski definition) is 4. The minimum Gasteiger partial charge on any atom is -0.286 e. The molecule has 25 heavy (non-hydrogen) atoms. The van der Waals surface area contributed by atoms with Crippen molar-refractivity contribution in [2.75, 3.05) is 5.75 Å². The molecule has 0 spiro atoms. The van der Waals surface area contributed by atoms with Crippen LogP contribution in [0.5, 0.6) is 0 Å². The third-order valence-corrected chi connectivity index (χ3v) is 7.38. The van der Waals surface area contributed by atoms with Gasteiger partial charge in [0.25, 0.3) is 16.0 Å². The molecule has 0 aromatic heterocycles. The van der Waals surface area contributed by atoms with Gasteiger partial charge in [0.15, 0.2) is 0 Å². The lowest BCUT2D eigenvalue weighted by molar-refractivity contribution is 0.0954. The largest absolute Gasteiger partial charge is 0.286 e. The summed E-state index contributed by atoms with van der Waals surface area (Å²) in [4.78, 5) is 12.3. The minimum absolute atomic E-state index is 0.288. The number of nitrogens with one attached hydrogen (secondary N) is 1. The molecule has 0 aliphatic heterocycles. The van der Waals surface area contributed by atoms with Crippen molar-refractivity contribution in [2.45, 2.75) is 33.1 Å². The average Bonchev–Trinajstić information content (AvgIpc) is 2.86. The number of benzene rings is 1. The Bertz CT molecular complexity index is 833. The van der Waals surface area contributed by atoms with Gasteiger partial charge in [-0.05, 0) is 54.9 Å². The number of amides is 1. The summed E-state index contributed by atoms with van der Waals surface area (Å²) in [5.74, 6) is -0.392. The van der Waals surface area contributed by atoms with Crippen molar-refractivity contribution in [1.82, 2.24) is 5.43 Å². The van der Waals surface area contributed by atoms with Crippen LogP contribution >= 0.6 is 15.9 Å². The van der Waals surface area contributed by atoms with E-state index in [2.05, 4.69) is 26.5 Å². The van der Waals surface area contributed by atoms with Crippen molar-refractivity contribution in [3.8, 4) is 0 Å². The number of rotatable bonds is 4. The van der Waals surface area contributed by atoms with Crippen molar-refractivity contribution in [1.29, 1.82) is 0 Å². The molecule has 3 rings (SSSR count). The van der Waals surface area contributed by atoms with Gasteiger partial charge < -0.3 is 0 Å². The van der Waals surface area contributed by atoms with Gasteiger partial charge in [0.1, 0.15) is 0 Å². The number of hydrazone groups is 1. The van der Waals surface area contributed by atoms with Crippen LogP contribution in [0.4, 0.5) is 0 Å². The highest BCUT2D eigenvalue weighted by Gasteiger charge is 2.64. The van der Waals surface area contributed by atoms with E-state index in [4.69, 9.17) is 0 Å². The molecule has 136 valence electrons. The maximum Gasteiger partial charge on any atom is 0.271 e. The maximum atomic E-state index is 12.3. The molecule has 2 fully saturated rings. The second-order valence-corrected chi connectivity index (χ2v) is 9.84. The predicted octanol–water partition coefficient (Wildman–Crippen LogP) is 3.25. The quantitative estimate of drug-likeness (QED) is 0.567. The van der Waals surface area contributed by atoms with E-state index in [0.717, 1.165) is 10.9 Å². The zero-order valence-electron chi connectivity index (χ0n) is 14.1.